The third-order valence-corrected chi connectivity index (χ3v) is 5.13. The number of rotatable bonds is 5. The Bertz CT molecular complexity index is 550. The van der Waals surface area contributed by atoms with E-state index in [2.05, 4.69) is 15.5 Å². The van der Waals surface area contributed by atoms with Crippen LogP contribution in [0.3, 0.4) is 0 Å². The molecule has 1 aromatic heterocycles. The highest BCUT2D eigenvalue weighted by Gasteiger charge is 2.51. The number of nitrogens with one attached hydrogen (secondary N) is 1. The van der Waals surface area contributed by atoms with Crippen LogP contribution in [0.15, 0.2) is 18.3 Å². The highest BCUT2D eigenvalue weighted by atomic mass is 19.1. The Morgan fingerprint density at radius 1 is 1.41 bits per heavy atom. The number of nitrogens with zero attached hydrogens (tertiary/aromatic N) is 3. The van der Waals surface area contributed by atoms with Crippen molar-refractivity contribution in [3.05, 3.63) is 18.3 Å². The molecule has 2 unspecified atom stereocenters. The molecular formula is C16H21FN4O. The summed E-state index contributed by atoms with van der Waals surface area (Å²) in [5.41, 5.74) is 0. The van der Waals surface area contributed by atoms with Crippen LogP contribution in [0.2, 0.25) is 0 Å². The summed E-state index contributed by atoms with van der Waals surface area (Å²) in [5.74, 6) is 2.46. The summed E-state index contributed by atoms with van der Waals surface area (Å²) in [6.07, 6.45) is 4.80. The topological polar surface area (TPSA) is 58.1 Å². The summed E-state index contributed by atoms with van der Waals surface area (Å²) in [4.78, 5) is 14.1. The molecule has 0 aromatic carbocycles. The molecule has 1 aliphatic heterocycles. The first kappa shape index (κ1) is 13.9. The predicted octanol–water partition coefficient (Wildman–Crippen LogP) is 1.56. The number of hydrogen-bond acceptors (Lipinski definition) is 4. The molecule has 5 nitrogen and oxygen atoms in total. The minimum Gasteiger partial charge on any atom is -0.354 e. The Morgan fingerprint density at radius 2 is 2.27 bits per heavy atom. The zero-order valence-electron chi connectivity index (χ0n) is 12.5. The van der Waals surface area contributed by atoms with E-state index in [1.54, 1.807) is 12.3 Å². The molecule has 6 heteroatoms. The fourth-order valence-corrected chi connectivity index (χ4v) is 3.69. The normalized spacial score (nSPS) is 33.8. The van der Waals surface area contributed by atoms with E-state index in [4.69, 9.17) is 0 Å². The van der Waals surface area contributed by atoms with Gasteiger partial charge in [-0.15, -0.1) is 5.10 Å². The lowest BCUT2D eigenvalue weighted by Gasteiger charge is -2.24. The lowest BCUT2D eigenvalue weighted by Crippen LogP contribution is -2.41. The molecule has 1 aromatic rings. The molecule has 0 spiro atoms. The lowest BCUT2D eigenvalue weighted by atomic mass is 10.2. The van der Waals surface area contributed by atoms with Gasteiger partial charge in [0.25, 0.3) is 0 Å². The van der Waals surface area contributed by atoms with E-state index in [-0.39, 0.29) is 17.9 Å². The molecule has 22 heavy (non-hydrogen) atoms. The molecule has 118 valence electrons. The first-order chi connectivity index (χ1) is 10.7. The van der Waals surface area contributed by atoms with E-state index >= 15 is 0 Å². The largest absolute Gasteiger partial charge is 0.354 e. The molecule has 0 bridgehead atoms. The van der Waals surface area contributed by atoms with Gasteiger partial charge in [-0.3, -0.25) is 4.79 Å². The van der Waals surface area contributed by atoms with Gasteiger partial charge in [-0.2, -0.15) is 5.10 Å². The van der Waals surface area contributed by atoms with Gasteiger partial charge in [0.05, 0.1) is 12.6 Å². The van der Waals surface area contributed by atoms with Gasteiger partial charge in [0.1, 0.15) is 6.17 Å². The van der Waals surface area contributed by atoms with Crippen molar-refractivity contribution in [2.75, 3.05) is 18.0 Å². The van der Waals surface area contributed by atoms with Crippen molar-refractivity contribution in [2.24, 2.45) is 17.8 Å². The molecule has 3 aliphatic rings. The van der Waals surface area contributed by atoms with E-state index in [0.717, 1.165) is 12.3 Å². The minimum absolute atomic E-state index is 0.0335. The average Bonchev–Trinajstić information content (AvgIpc) is 3.42. The minimum atomic E-state index is -0.871. The van der Waals surface area contributed by atoms with Gasteiger partial charge in [-0.1, -0.05) is 0 Å². The van der Waals surface area contributed by atoms with Crippen LogP contribution in [0.25, 0.3) is 0 Å². The van der Waals surface area contributed by atoms with Gasteiger partial charge in [-0.05, 0) is 43.2 Å². The first-order valence-corrected chi connectivity index (χ1v) is 8.18. The number of hydrogen-bond donors (Lipinski definition) is 1. The van der Waals surface area contributed by atoms with Gasteiger partial charge in [0.15, 0.2) is 5.82 Å². The molecule has 3 fully saturated rings. The van der Waals surface area contributed by atoms with Crippen LogP contribution in [0.5, 0.6) is 0 Å². The fourth-order valence-electron chi connectivity index (χ4n) is 3.69. The molecule has 1 N–H and O–H groups in total. The van der Waals surface area contributed by atoms with Crippen LogP contribution >= 0.6 is 0 Å². The van der Waals surface area contributed by atoms with E-state index in [0.29, 0.717) is 31.2 Å². The van der Waals surface area contributed by atoms with Crippen LogP contribution in [0.4, 0.5) is 10.2 Å². The second-order valence-corrected chi connectivity index (χ2v) is 6.81. The number of carbonyl (C=O) groups is 1. The van der Waals surface area contributed by atoms with Crippen molar-refractivity contribution < 1.29 is 9.18 Å². The predicted molar refractivity (Wildman–Crippen MR) is 80.0 cm³/mol. The number of anilines is 1. The SMILES string of the molecule is O=C(NC[C@@H]1C[C@H](F)CN1c1cccnn1)C1CC1C1CC1. The summed E-state index contributed by atoms with van der Waals surface area (Å²) in [5, 5.41) is 10.9. The first-order valence-electron chi connectivity index (χ1n) is 8.18. The van der Waals surface area contributed by atoms with Gasteiger partial charge in [0, 0.05) is 25.1 Å². The van der Waals surface area contributed by atoms with Crippen molar-refractivity contribution in [2.45, 2.75) is 37.9 Å². The maximum atomic E-state index is 13.8. The van der Waals surface area contributed by atoms with E-state index in [9.17, 15) is 9.18 Å². The van der Waals surface area contributed by atoms with Gasteiger partial charge < -0.3 is 10.2 Å². The second kappa shape index (κ2) is 5.48. The van der Waals surface area contributed by atoms with Crippen LogP contribution in [0.1, 0.15) is 25.7 Å². The van der Waals surface area contributed by atoms with Crippen molar-refractivity contribution in [1.82, 2.24) is 15.5 Å². The third kappa shape index (κ3) is 2.78. The zero-order chi connectivity index (χ0) is 15.1. The van der Waals surface area contributed by atoms with Gasteiger partial charge in [0.2, 0.25) is 5.91 Å². The number of carbonyl (C=O) groups excluding carboxylic acids is 1. The summed E-state index contributed by atoms with van der Waals surface area (Å²) >= 11 is 0. The van der Waals surface area contributed by atoms with Crippen LogP contribution in [0, 0.1) is 17.8 Å². The highest BCUT2D eigenvalue weighted by molar-refractivity contribution is 5.81. The second-order valence-electron chi connectivity index (χ2n) is 6.81. The van der Waals surface area contributed by atoms with Crippen LogP contribution in [-0.2, 0) is 4.79 Å². The molecular weight excluding hydrogens is 283 g/mol. The average molecular weight is 304 g/mol. The smallest absolute Gasteiger partial charge is 0.223 e. The van der Waals surface area contributed by atoms with E-state index < -0.39 is 6.17 Å². The number of halogens is 1. The molecule has 4 atom stereocenters. The highest BCUT2D eigenvalue weighted by Crippen LogP contribution is 2.54. The van der Waals surface area contributed by atoms with Crippen LogP contribution in [-0.4, -0.2) is 41.4 Å². The Balaban J connectivity index is 1.33. The fraction of sp³-hybridized carbons (Fsp3) is 0.688. The maximum Gasteiger partial charge on any atom is 0.223 e. The Morgan fingerprint density at radius 3 is 3.00 bits per heavy atom. The zero-order valence-corrected chi connectivity index (χ0v) is 12.5. The van der Waals surface area contributed by atoms with Crippen LogP contribution < -0.4 is 10.2 Å². The Hall–Kier alpha value is -1.72. The molecule has 2 aliphatic carbocycles. The monoisotopic (exact) mass is 304 g/mol. The molecule has 4 rings (SSSR count). The van der Waals surface area contributed by atoms with Crippen molar-refractivity contribution in [1.29, 1.82) is 0 Å². The Kier molecular flexibility index (Phi) is 3.47. The number of amides is 1. The van der Waals surface area contributed by atoms with E-state index in [1.165, 1.54) is 12.8 Å². The standard InChI is InChI=1S/C16H21FN4O/c17-11-6-12(21(9-11)15-2-1-5-19-20-15)8-18-16(22)14-7-13(14)10-3-4-10/h1-2,5,10-14H,3-4,6-9H2,(H,18,22)/t11-,12-,13?,14?/m0/s1. The summed E-state index contributed by atoms with van der Waals surface area (Å²) in [6.45, 7) is 0.817. The number of alkyl halides is 1. The molecule has 1 saturated heterocycles. The van der Waals surface area contributed by atoms with Crippen molar-refractivity contribution in [3.8, 4) is 0 Å². The van der Waals surface area contributed by atoms with Crippen molar-refractivity contribution >= 4 is 11.7 Å². The molecule has 2 saturated carbocycles. The lowest BCUT2D eigenvalue weighted by molar-refractivity contribution is -0.122. The van der Waals surface area contributed by atoms with Gasteiger partial charge in [-0.25, -0.2) is 4.39 Å². The molecule has 0 radical (unpaired) electrons. The number of aromatic nitrogens is 2. The third-order valence-electron chi connectivity index (χ3n) is 5.13. The summed E-state index contributed by atoms with van der Waals surface area (Å²) in [6, 6.07) is 3.60. The molecule has 1 amide bonds. The summed E-state index contributed by atoms with van der Waals surface area (Å²) in [7, 11) is 0. The maximum absolute atomic E-state index is 13.8. The van der Waals surface area contributed by atoms with E-state index in [1.807, 2.05) is 11.0 Å². The summed E-state index contributed by atoms with van der Waals surface area (Å²) < 4.78 is 13.8. The Labute approximate surface area is 129 Å². The molecule has 2 heterocycles. The van der Waals surface area contributed by atoms with Gasteiger partial charge >= 0.3 is 0 Å². The van der Waals surface area contributed by atoms with Crippen molar-refractivity contribution in [3.63, 3.8) is 0 Å². The quantitative estimate of drug-likeness (QED) is 0.897.